The summed E-state index contributed by atoms with van der Waals surface area (Å²) in [7, 11) is 0. The van der Waals surface area contributed by atoms with Crippen LogP contribution in [-0.2, 0) is 14.9 Å². The predicted octanol–water partition coefficient (Wildman–Crippen LogP) is 5.40. The number of nitrogens with zero attached hydrogens (tertiary/aromatic N) is 1. The lowest BCUT2D eigenvalue weighted by molar-refractivity contribution is -0.125. The summed E-state index contributed by atoms with van der Waals surface area (Å²) in [6.45, 7) is 9.09. The fourth-order valence-electron chi connectivity index (χ4n) is 7.57. The maximum absolute atomic E-state index is 13.3. The maximum atomic E-state index is 13.3. The molecule has 0 radical (unpaired) electrons. The summed E-state index contributed by atoms with van der Waals surface area (Å²) < 4.78 is 5.34. The van der Waals surface area contributed by atoms with Crippen molar-refractivity contribution in [2.24, 2.45) is 23.7 Å². The summed E-state index contributed by atoms with van der Waals surface area (Å²) in [6, 6.07) is 9.17. The lowest BCUT2D eigenvalue weighted by atomic mass is 9.48. The van der Waals surface area contributed by atoms with Crippen molar-refractivity contribution in [1.82, 2.24) is 21.2 Å². The Morgan fingerprint density at radius 2 is 1.64 bits per heavy atom. The van der Waals surface area contributed by atoms with E-state index in [1.807, 2.05) is 38.1 Å². The van der Waals surface area contributed by atoms with E-state index in [1.54, 1.807) is 20.8 Å². The van der Waals surface area contributed by atoms with Crippen LogP contribution in [-0.4, -0.2) is 34.5 Å². The van der Waals surface area contributed by atoms with Gasteiger partial charge in [-0.3, -0.25) is 20.4 Å². The van der Waals surface area contributed by atoms with Gasteiger partial charge in [0, 0.05) is 5.39 Å². The number of ether oxygens (including phenoxy) is 1. The Bertz CT molecular complexity index is 1230. The third-order valence-electron chi connectivity index (χ3n) is 9.03. The molecule has 4 aliphatic rings. The first-order valence-corrected chi connectivity index (χ1v) is 14.5. The Kier molecular flexibility index (Phi) is 7.33. The normalized spacial score (nSPS) is 27.1. The van der Waals surface area contributed by atoms with Crippen LogP contribution in [0.3, 0.4) is 0 Å². The van der Waals surface area contributed by atoms with E-state index in [0.717, 1.165) is 28.7 Å². The molecule has 0 unspecified atom stereocenters. The van der Waals surface area contributed by atoms with Crippen LogP contribution < -0.4 is 16.2 Å². The molecule has 0 saturated heterocycles. The van der Waals surface area contributed by atoms with E-state index in [1.165, 1.54) is 44.1 Å². The highest BCUT2D eigenvalue weighted by atomic mass is 16.6. The molecule has 2 atom stereocenters. The van der Waals surface area contributed by atoms with Gasteiger partial charge in [0.1, 0.15) is 17.3 Å². The van der Waals surface area contributed by atoms with E-state index in [4.69, 9.17) is 4.74 Å². The summed E-state index contributed by atoms with van der Waals surface area (Å²) in [6.07, 6.45) is 7.55. The minimum atomic E-state index is -0.864. The van der Waals surface area contributed by atoms with Crippen molar-refractivity contribution < 1.29 is 19.1 Å². The number of para-hydroxylation sites is 1. The second kappa shape index (κ2) is 10.4. The number of hydrazine groups is 1. The molecule has 1 aromatic carbocycles. The molecule has 39 heavy (non-hydrogen) atoms. The molecule has 0 spiro atoms. The Hall–Kier alpha value is -3.16. The van der Waals surface area contributed by atoms with Gasteiger partial charge in [0.2, 0.25) is 0 Å². The summed E-state index contributed by atoms with van der Waals surface area (Å²) in [5.41, 5.74) is 6.79. The number of carbonyl (C=O) groups excluding carboxylic acids is 3. The molecule has 1 heterocycles. The van der Waals surface area contributed by atoms with Crippen LogP contribution in [0.25, 0.3) is 10.9 Å². The van der Waals surface area contributed by atoms with Gasteiger partial charge in [-0.1, -0.05) is 38.5 Å². The van der Waals surface area contributed by atoms with Crippen LogP contribution in [0.15, 0.2) is 30.3 Å². The lowest BCUT2D eigenvalue weighted by Gasteiger charge is -2.57. The summed E-state index contributed by atoms with van der Waals surface area (Å²) in [5, 5.41) is 3.78. The summed E-state index contributed by atoms with van der Waals surface area (Å²) in [5.74, 6) is 1.17. The highest BCUT2D eigenvalue weighted by Gasteiger charge is 2.52. The van der Waals surface area contributed by atoms with Crippen LogP contribution in [0.2, 0.25) is 0 Å². The average molecular weight is 535 g/mol. The molecular weight excluding hydrogens is 492 g/mol. The van der Waals surface area contributed by atoms with Gasteiger partial charge >= 0.3 is 6.09 Å². The number of amides is 3. The van der Waals surface area contributed by atoms with Crippen molar-refractivity contribution in [3.05, 3.63) is 41.6 Å². The van der Waals surface area contributed by atoms with Crippen molar-refractivity contribution in [3.8, 4) is 0 Å². The van der Waals surface area contributed by atoms with Crippen LogP contribution in [0, 0.1) is 23.7 Å². The van der Waals surface area contributed by atoms with Gasteiger partial charge in [0.25, 0.3) is 11.8 Å². The fraction of sp³-hybridized carbons (Fsp3) is 0.613. The zero-order valence-corrected chi connectivity index (χ0v) is 23.8. The largest absolute Gasteiger partial charge is 0.444 e. The molecule has 8 heteroatoms. The third-order valence-corrected chi connectivity index (χ3v) is 9.03. The number of aromatic nitrogens is 1. The lowest BCUT2D eigenvalue weighted by Crippen LogP contribution is -2.55. The molecule has 0 aliphatic heterocycles. The van der Waals surface area contributed by atoms with E-state index >= 15 is 0 Å². The minimum absolute atomic E-state index is 0.0918. The first kappa shape index (κ1) is 27.4. The van der Waals surface area contributed by atoms with E-state index < -0.39 is 29.6 Å². The van der Waals surface area contributed by atoms with Gasteiger partial charge in [-0.05, 0) is 106 Å². The predicted molar refractivity (Wildman–Crippen MR) is 150 cm³/mol. The SMILES string of the molecule is CC[C@H](C)[C@H](NC(=O)OC(C)(C)C)C(=O)NNC(=O)c1cc(C23CC4CC(CC(C4)C2)C3)c2ccccc2n1. The second-order valence-electron chi connectivity index (χ2n) is 13.2. The quantitative estimate of drug-likeness (QED) is 0.430. The van der Waals surface area contributed by atoms with Gasteiger partial charge in [0.15, 0.2) is 0 Å². The van der Waals surface area contributed by atoms with Gasteiger partial charge in [-0.25, -0.2) is 9.78 Å². The molecule has 2 aromatic rings. The van der Waals surface area contributed by atoms with Gasteiger partial charge in [0.05, 0.1) is 5.52 Å². The van der Waals surface area contributed by atoms with Crippen molar-refractivity contribution in [2.75, 3.05) is 0 Å². The van der Waals surface area contributed by atoms with Crippen molar-refractivity contribution in [2.45, 2.75) is 96.6 Å². The zero-order chi connectivity index (χ0) is 27.9. The van der Waals surface area contributed by atoms with Crippen LogP contribution in [0.5, 0.6) is 0 Å². The molecule has 4 fully saturated rings. The number of hydrogen-bond donors (Lipinski definition) is 3. The number of carbonyl (C=O) groups is 3. The van der Waals surface area contributed by atoms with Crippen molar-refractivity contribution in [3.63, 3.8) is 0 Å². The molecule has 3 N–H and O–H groups in total. The minimum Gasteiger partial charge on any atom is -0.444 e. The molecule has 3 amide bonds. The molecule has 4 saturated carbocycles. The molecule has 210 valence electrons. The smallest absolute Gasteiger partial charge is 0.408 e. The van der Waals surface area contributed by atoms with E-state index in [-0.39, 0.29) is 11.3 Å². The molecule has 4 aliphatic carbocycles. The molecule has 1 aromatic heterocycles. The molecule has 8 nitrogen and oxygen atoms in total. The molecular formula is C31H42N4O4. The monoisotopic (exact) mass is 534 g/mol. The first-order valence-electron chi connectivity index (χ1n) is 14.5. The first-order chi connectivity index (χ1) is 18.5. The Morgan fingerprint density at radius 3 is 2.23 bits per heavy atom. The van der Waals surface area contributed by atoms with Crippen LogP contribution in [0.1, 0.15) is 95.6 Å². The number of benzene rings is 1. The molecule has 4 bridgehead atoms. The molecule has 6 rings (SSSR count). The van der Waals surface area contributed by atoms with Crippen LogP contribution in [0.4, 0.5) is 4.79 Å². The number of fused-ring (bicyclic) bond motifs is 1. The summed E-state index contributed by atoms with van der Waals surface area (Å²) >= 11 is 0. The Balaban J connectivity index is 1.35. The topological polar surface area (TPSA) is 109 Å². The number of nitrogens with one attached hydrogen (secondary N) is 3. The number of alkyl carbamates (subject to hydrolysis) is 1. The second-order valence-corrected chi connectivity index (χ2v) is 13.2. The maximum Gasteiger partial charge on any atom is 0.408 e. The van der Waals surface area contributed by atoms with Crippen molar-refractivity contribution >= 4 is 28.8 Å². The highest BCUT2D eigenvalue weighted by molar-refractivity contribution is 5.97. The van der Waals surface area contributed by atoms with E-state index in [2.05, 4.69) is 27.2 Å². The standard InChI is InChI=1S/C31H42N4O4/c1-6-18(2)26(33-29(38)39-30(3,4)5)28(37)35-34-27(36)25-14-23(22-9-7-8-10-24(22)32-25)31-15-19-11-20(16-31)13-21(12-19)17-31/h7-10,14,18-21,26H,6,11-13,15-17H2,1-5H3,(H,33,38)(H,34,36)(H,35,37)/t18-,19?,20?,21?,26-,31?/m0/s1. The Labute approximate surface area is 231 Å². The third kappa shape index (κ3) is 5.75. The Morgan fingerprint density at radius 1 is 1.03 bits per heavy atom. The zero-order valence-electron chi connectivity index (χ0n) is 23.8. The van der Waals surface area contributed by atoms with Gasteiger partial charge in [-0.2, -0.15) is 0 Å². The number of pyridine rings is 1. The van der Waals surface area contributed by atoms with Crippen LogP contribution >= 0.6 is 0 Å². The number of hydrogen-bond acceptors (Lipinski definition) is 5. The highest BCUT2D eigenvalue weighted by Crippen LogP contribution is 2.61. The average Bonchev–Trinajstić information content (AvgIpc) is 2.87. The van der Waals surface area contributed by atoms with Gasteiger partial charge < -0.3 is 10.1 Å². The van der Waals surface area contributed by atoms with E-state index in [0.29, 0.717) is 12.1 Å². The van der Waals surface area contributed by atoms with Crippen molar-refractivity contribution in [1.29, 1.82) is 0 Å². The summed E-state index contributed by atoms with van der Waals surface area (Å²) in [4.78, 5) is 43.5. The number of rotatable bonds is 6. The fourth-order valence-corrected chi connectivity index (χ4v) is 7.57. The van der Waals surface area contributed by atoms with E-state index in [9.17, 15) is 14.4 Å². The van der Waals surface area contributed by atoms with Gasteiger partial charge in [-0.15, -0.1) is 0 Å².